The van der Waals surface area contributed by atoms with Crippen LogP contribution in [-0.4, -0.2) is 58.5 Å². The molecule has 2 atom stereocenters. The highest BCUT2D eigenvalue weighted by Crippen LogP contribution is 2.55. The molecular formula is C26H36N4OS. The molecule has 0 unspecified atom stereocenters. The number of thiazole rings is 1. The van der Waals surface area contributed by atoms with Crippen LogP contribution < -0.4 is 5.32 Å². The Morgan fingerprint density at radius 3 is 2.22 bits per heavy atom. The van der Waals surface area contributed by atoms with Gasteiger partial charge < -0.3 is 5.32 Å². The highest BCUT2D eigenvalue weighted by atomic mass is 32.1. The van der Waals surface area contributed by atoms with Crippen LogP contribution in [0.15, 0.2) is 24.3 Å². The Labute approximate surface area is 195 Å². The molecule has 5 aliphatic rings. The Balaban J connectivity index is 1.05. The van der Waals surface area contributed by atoms with Crippen LogP contribution >= 0.6 is 11.3 Å². The zero-order valence-corrected chi connectivity index (χ0v) is 20.2. The topological polar surface area (TPSA) is 48.5 Å². The lowest BCUT2D eigenvalue weighted by molar-refractivity contribution is -0.132. The van der Waals surface area contributed by atoms with E-state index < -0.39 is 0 Å². The lowest BCUT2D eigenvalue weighted by Crippen LogP contribution is -2.63. The van der Waals surface area contributed by atoms with Crippen molar-refractivity contribution in [1.82, 2.24) is 20.1 Å². The van der Waals surface area contributed by atoms with Gasteiger partial charge in [0.2, 0.25) is 5.91 Å². The number of rotatable bonds is 5. The Morgan fingerprint density at radius 2 is 1.59 bits per heavy atom. The van der Waals surface area contributed by atoms with Gasteiger partial charge in [0.05, 0.1) is 22.3 Å². The van der Waals surface area contributed by atoms with Crippen LogP contribution in [0.2, 0.25) is 0 Å². The summed E-state index contributed by atoms with van der Waals surface area (Å²) < 4.78 is 1.27. The molecule has 2 heterocycles. The summed E-state index contributed by atoms with van der Waals surface area (Å²) >= 11 is 1.81. The zero-order chi connectivity index (χ0) is 21.9. The van der Waals surface area contributed by atoms with Gasteiger partial charge in [0, 0.05) is 31.7 Å². The Morgan fingerprint density at radius 1 is 1.00 bits per heavy atom. The summed E-state index contributed by atoms with van der Waals surface area (Å²) in [6.45, 7) is 8.27. The van der Waals surface area contributed by atoms with Crippen LogP contribution in [0.5, 0.6) is 0 Å². The Hall–Kier alpha value is -1.50. The number of aromatic nitrogens is 1. The van der Waals surface area contributed by atoms with E-state index in [4.69, 9.17) is 4.98 Å². The molecule has 1 saturated heterocycles. The minimum atomic E-state index is -0.0390. The highest BCUT2D eigenvalue weighted by molar-refractivity contribution is 7.18. The smallest absolute Gasteiger partial charge is 0.237 e. The molecule has 7 rings (SSSR count). The Kier molecular flexibility index (Phi) is 5.31. The number of nitrogens with zero attached hydrogens (tertiary/aromatic N) is 3. The summed E-state index contributed by atoms with van der Waals surface area (Å²) in [6, 6.07) is 8.69. The number of hydrogen-bond acceptors (Lipinski definition) is 5. The first kappa shape index (κ1) is 21.1. The largest absolute Gasteiger partial charge is 0.349 e. The molecule has 2 aromatic rings. The van der Waals surface area contributed by atoms with Gasteiger partial charge in [-0.2, -0.15) is 0 Å². The van der Waals surface area contributed by atoms with Crippen molar-refractivity contribution in [1.29, 1.82) is 0 Å². The predicted octanol–water partition coefficient (Wildman–Crippen LogP) is 4.45. The maximum atomic E-state index is 13.3. The number of benzene rings is 1. The fraction of sp³-hybridized carbons (Fsp3) is 0.692. The van der Waals surface area contributed by atoms with Crippen molar-refractivity contribution in [2.75, 3.05) is 26.2 Å². The Bertz CT molecular complexity index is 926. The summed E-state index contributed by atoms with van der Waals surface area (Å²) in [6.07, 6.45) is 7.93. The third kappa shape index (κ3) is 3.78. The predicted molar refractivity (Wildman–Crippen MR) is 130 cm³/mol. The highest BCUT2D eigenvalue weighted by Gasteiger charge is 2.51. The van der Waals surface area contributed by atoms with Crippen molar-refractivity contribution >= 4 is 27.5 Å². The first-order chi connectivity index (χ1) is 15.5. The molecule has 0 spiro atoms. The average Bonchev–Trinajstić information content (AvgIpc) is 3.21. The number of hydrogen-bond donors (Lipinski definition) is 1. The van der Waals surface area contributed by atoms with Crippen molar-refractivity contribution in [3.8, 4) is 0 Å². The molecular weight excluding hydrogens is 416 g/mol. The zero-order valence-electron chi connectivity index (χ0n) is 19.4. The van der Waals surface area contributed by atoms with E-state index in [1.807, 2.05) is 11.3 Å². The van der Waals surface area contributed by atoms with Gasteiger partial charge in [0.15, 0.2) is 0 Å². The number of piperazine rings is 1. The maximum absolute atomic E-state index is 13.3. The second-order valence-corrected chi connectivity index (χ2v) is 12.2. The normalized spacial score (nSPS) is 34.6. The summed E-state index contributed by atoms with van der Waals surface area (Å²) in [5.74, 6) is 2.86. The van der Waals surface area contributed by atoms with Crippen LogP contribution in [0.3, 0.4) is 0 Å². The molecule has 5 nitrogen and oxygen atoms in total. The number of amides is 1. The van der Waals surface area contributed by atoms with Gasteiger partial charge in [-0.25, -0.2) is 4.98 Å². The minimum absolute atomic E-state index is 0.0390. The van der Waals surface area contributed by atoms with Crippen molar-refractivity contribution in [2.24, 2.45) is 17.8 Å². The number of para-hydroxylation sites is 1. The SMILES string of the molecule is C[C@@H](C(=O)NC12CC3CC(CC(C3)C1)C2)N1CCN([C@@H](C)c2nc3ccccc3s2)CC1. The lowest BCUT2D eigenvalue weighted by atomic mass is 9.53. The fourth-order valence-electron chi connectivity index (χ4n) is 7.53. The molecule has 1 amide bonds. The number of nitrogens with one attached hydrogen (secondary N) is 1. The molecule has 1 aromatic carbocycles. The first-order valence-electron chi connectivity index (χ1n) is 12.6. The van der Waals surface area contributed by atoms with Gasteiger partial charge >= 0.3 is 0 Å². The van der Waals surface area contributed by atoms with Gasteiger partial charge in [0.25, 0.3) is 0 Å². The summed E-state index contributed by atoms with van der Waals surface area (Å²) in [4.78, 5) is 23.1. The molecule has 4 saturated carbocycles. The van der Waals surface area contributed by atoms with Gasteiger partial charge in [-0.3, -0.25) is 14.6 Å². The van der Waals surface area contributed by atoms with E-state index in [-0.39, 0.29) is 17.5 Å². The first-order valence-corrected chi connectivity index (χ1v) is 13.5. The summed E-state index contributed by atoms with van der Waals surface area (Å²) in [5, 5.41) is 4.79. The lowest BCUT2D eigenvalue weighted by Gasteiger charge is -2.57. The average molecular weight is 453 g/mol. The minimum Gasteiger partial charge on any atom is -0.349 e. The fourth-order valence-corrected chi connectivity index (χ4v) is 8.59. The molecule has 172 valence electrons. The molecule has 1 aliphatic heterocycles. The van der Waals surface area contributed by atoms with E-state index in [2.05, 4.69) is 53.2 Å². The number of fused-ring (bicyclic) bond motifs is 1. The molecule has 1 N–H and O–H groups in total. The molecule has 1 aromatic heterocycles. The van der Waals surface area contributed by atoms with E-state index in [1.165, 1.54) is 48.2 Å². The summed E-state index contributed by atoms with van der Waals surface area (Å²) in [5.41, 5.74) is 1.22. The van der Waals surface area contributed by atoms with Crippen molar-refractivity contribution in [3.05, 3.63) is 29.3 Å². The second kappa shape index (κ2) is 8.07. The van der Waals surface area contributed by atoms with Crippen molar-refractivity contribution in [3.63, 3.8) is 0 Å². The maximum Gasteiger partial charge on any atom is 0.237 e. The molecule has 0 radical (unpaired) electrons. The third-order valence-corrected chi connectivity index (χ3v) is 10.1. The molecule has 4 bridgehead atoms. The van der Waals surface area contributed by atoms with Crippen LogP contribution in [0.4, 0.5) is 0 Å². The van der Waals surface area contributed by atoms with Gasteiger partial charge in [0.1, 0.15) is 5.01 Å². The van der Waals surface area contributed by atoms with Gasteiger partial charge in [-0.15, -0.1) is 11.3 Å². The number of carbonyl (C=O) groups is 1. The second-order valence-electron chi connectivity index (χ2n) is 11.1. The van der Waals surface area contributed by atoms with Crippen LogP contribution in [0, 0.1) is 17.8 Å². The van der Waals surface area contributed by atoms with Gasteiger partial charge in [-0.1, -0.05) is 12.1 Å². The van der Waals surface area contributed by atoms with E-state index in [9.17, 15) is 4.79 Å². The van der Waals surface area contributed by atoms with Crippen LogP contribution in [0.25, 0.3) is 10.2 Å². The van der Waals surface area contributed by atoms with E-state index in [0.717, 1.165) is 49.4 Å². The van der Waals surface area contributed by atoms with E-state index >= 15 is 0 Å². The standard InChI is InChI=1S/C26H36N4OS/c1-17(24(31)28-26-14-19-11-20(15-26)13-21(12-19)16-26)29-7-9-30(10-8-29)18(2)25-27-22-5-3-4-6-23(22)32-25/h3-6,17-21H,7-16H2,1-2H3,(H,28,31)/t17-,18-,19?,20?,21?,26?/m0/s1. The monoisotopic (exact) mass is 452 g/mol. The third-order valence-electron chi connectivity index (χ3n) is 8.92. The quantitative estimate of drug-likeness (QED) is 0.728. The number of carbonyl (C=O) groups excluding carboxylic acids is 1. The molecule has 5 fully saturated rings. The molecule has 4 aliphatic carbocycles. The van der Waals surface area contributed by atoms with Crippen molar-refractivity contribution < 1.29 is 4.79 Å². The molecule has 6 heteroatoms. The van der Waals surface area contributed by atoms with E-state index in [1.54, 1.807) is 0 Å². The molecule has 32 heavy (non-hydrogen) atoms. The summed E-state index contributed by atoms with van der Waals surface area (Å²) in [7, 11) is 0. The van der Waals surface area contributed by atoms with E-state index in [0.29, 0.717) is 6.04 Å². The van der Waals surface area contributed by atoms with Crippen molar-refractivity contribution in [2.45, 2.75) is 70.0 Å². The van der Waals surface area contributed by atoms with Crippen LogP contribution in [0.1, 0.15) is 63.4 Å². The van der Waals surface area contributed by atoms with Crippen LogP contribution in [-0.2, 0) is 4.79 Å². The van der Waals surface area contributed by atoms with Gasteiger partial charge in [-0.05, 0) is 82.3 Å².